The number of carbonyl (C=O) groups is 1. The zero-order valence-electron chi connectivity index (χ0n) is 18.4. The van der Waals surface area contributed by atoms with Gasteiger partial charge in [0.1, 0.15) is 6.54 Å². The Hall–Kier alpha value is -1.68. The molecule has 2 aromatic rings. The maximum absolute atomic E-state index is 12.5. The van der Waals surface area contributed by atoms with Gasteiger partial charge in [0.15, 0.2) is 18.2 Å². The molecule has 1 aliphatic rings. The van der Waals surface area contributed by atoms with Gasteiger partial charge in [-0.15, -0.1) is 0 Å². The Balaban J connectivity index is 0.00000320. The lowest BCUT2D eigenvalue weighted by Gasteiger charge is -2.25. The number of carbonyl (C=O) groups excluding carboxylic acids is 1. The van der Waals surface area contributed by atoms with E-state index in [2.05, 4.69) is 41.3 Å². The fourth-order valence-electron chi connectivity index (χ4n) is 4.26. The molecular formula is C26H37BrN2O. The molecule has 0 spiro atoms. The van der Waals surface area contributed by atoms with Crippen LogP contribution in [0.15, 0.2) is 48.8 Å². The molecule has 1 aromatic heterocycles. The molecule has 30 heavy (non-hydrogen) atoms. The van der Waals surface area contributed by atoms with E-state index in [0.717, 1.165) is 17.8 Å². The van der Waals surface area contributed by atoms with Crippen molar-refractivity contribution >= 4 is 11.5 Å². The number of aryl methyl sites for hydroxylation is 1. The van der Waals surface area contributed by atoms with E-state index in [-0.39, 0.29) is 28.8 Å². The summed E-state index contributed by atoms with van der Waals surface area (Å²) in [5.41, 5.74) is 2.97. The Morgan fingerprint density at radius 3 is 2.30 bits per heavy atom. The summed E-state index contributed by atoms with van der Waals surface area (Å²) >= 11 is 0. The second kappa shape index (κ2) is 13.6. The Bertz CT molecular complexity index is 777. The monoisotopic (exact) mass is 472 g/mol. The lowest BCUT2D eigenvalue weighted by atomic mass is 9.93. The van der Waals surface area contributed by atoms with E-state index >= 15 is 0 Å². The fraction of sp³-hybridized carbons (Fsp3) is 0.538. The minimum absolute atomic E-state index is 0. The van der Waals surface area contributed by atoms with Crippen LogP contribution in [0.2, 0.25) is 0 Å². The quantitative estimate of drug-likeness (QED) is 0.377. The molecule has 0 fully saturated rings. The van der Waals surface area contributed by atoms with Gasteiger partial charge >= 0.3 is 0 Å². The van der Waals surface area contributed by atoms with Crippen LogP contribution in [0.4, 0.5) is 5.69 Å². The predicted molar refractivity (Wildman–Crippen MR) is 120 cm³/mol. The number of para-hydroxylation sites is 1. The number of unbranched alkanes of at least 4 members (excludes halogenated alkanes) is 9. The normalized spacial score (nSPS) is 15.2. The summed E-state index contributed by atoms with van der Waals surface area (Å²) in [4.78, 5) is 12.5. The molecule has 4 heteroatoms. The summed E-state index contributed by atoms with van der Waals surface area (Å²) in [5, 5.41) is 3.55. The summed E-state index contributed by atoms with van der Waals surface area (Å²) < 4.78 is 2.28. The van der Waals surface area contributed by atoms with Crippen LogP contribution in [0.25, 0.3) is 0 Å². The van der Waals surface area contributed by atoms with Crippen molar-refractivity contribution in [2.75, 3.05) is 5.32 Å². The van der Waals surface area contributed by atoms with Gasteiger partial charge in [-0.05, 0) is 24.6 Å². The molecule has 1 unspecified atom stereocenters. The molecular weight excluding hydrogens is 436 g/mol. The van der Waals surface area contributed by atoms with Crippen molar-refractivity contribution in [3.8, 4) is 0 Å². The molecule has 1 N–H and O–H groups in total. The third-order valence-electron chi connectivity index (χ3n) is 6.00. The number of halogens is 1. The highest BCUT2D eigenvalue weighted by molar-refractivity contribution is 6.03. The number of hydrogen-bond donors (Lipinski definition) is 1. The smallest absolute Gasteiger partial charge is 0.174 e. The molecule has 1 atom stereocenters. The van der Waals surface area contributed by atoms with E-state index in [1.165, 1.54) is 69.8 Å². The summed E-state index contributed by atoms with van der Waals surface area (Å²) in [5.74, 6) is 0.231. The highest BCUT2D eigenvalue weighted by atomic mass is 79.9. The number of ketones is 1. The Morgan fingerprint density at radius 2 is 1.57 bits per heavy atom. The average Bonchev–Trinajstić information content (AvgIpc) is 2.75. The summed E-state index contributed by atoms with van der Waals surface area (Å²) in [7, 11) is 0. The van der Waals surface area contributed by atoms with Crippen molar-refractivity contribution < 1.29 is 26.3 Å². The lowest BCUT2D eigenvalue weighted by molar-refractivity contribution is -0.697. The van der Waals surface area contributed by atoms with Crippen molar-refractivity contribution in [1.29, 1.82) is 0 Å². The summed E-state index contributed by atoms with van der Waals surface area (Å²) in [6.07, 6.45) is 18.5. The number of hydrogen-bond acceptors (Lipinski definition) is 2. The van der Waals surface area contributed by atoms with Crippen LogP contribution in [0.5, 0.6) is 0 Å². The molecule has 0 saturated carbocycles. The van der Waals surface area contributed by atoms with Crippen molar-refractivity contribution in [2.24, 2.45) is 0 Å². The number of benzene rings is 1. The Labute approximate surface area is 193 Å². The molecule has 1 aliphatic heterocycles. The molecule has 1 aromatic carbocycles. The van der Waals surface area contributed by atoms with Gasteiger partial charge in [-0.3, -0.25) is 4.79 Å². The van der Waals surface area contributed by atoms with E-state index < -0.39 is 0 Å². The molecule has 0 radical (unpaired) electrons. The zero-order valence-corrected chi connectivity index (χ0v) is 20.0. The molecule has 0 bridgehead atoms. The van der Waals surface area contributed by atoms with E-state index in [4.69, 9.17) is 0 Å². The number of rotatable bonds is 12. The first-order valence-corrected chi connectivity index (χ1v) is 11.7. The Kier molecular flexibility index (Phi) is 11.1. The van der Waals surface area contributed by atoms with Gasteiger partial charge in [0, 0.05) is 35.7 Å². The number of nitrogens with one attached hydrogen (secondary N) is 1. The molecule has 2 heterocycles. The number of nitrogens with zero attached hydrogens (tertiary/aromatic N) is 1. The maximum atomic E-state index is 12.5. The maximum Gasteiger partial charge on any atom is 0.174 e. The number of aromatic nitrogens is 1. The lowest BCUT2D eigenvalue weighted by Crippen LogP contribution is -3.00. The Morgan fingerprint density at radius 1 is 0.900 bits per heavy atom. The molecule has 0 saturated heterocycles. The third kappa shape index (κ3) is 7.54. The standard InChI is InChI=1S/C26H36N2O.BrH/c1-2-3-4-5-6-7-8-9-10-13-18-28-19-14-15-22(21-28)25-20-26(29)23-16-11-12-17-24(23)27-25;/h11-12,14-17,19,21,25H,2-10,13,18,20H2,1H3;1H. The van der Waals surface area contributed by atoms with Crippen LogP contribution in [-0.4, -0.2) is 5.78 Å². The van der Waals surface area contributed by atoms with Crippen LogP contribution in [0.3, 0.4) is 0 Å². The fourth-order valence-corrected chi connectivity index (χ4v) is 4.26. The van der Waals surface area contributed by atoms with Gasteiger partial charge in [0.2, 0.25) is 0 Å². The van der Waals surface area contributed by atoms with Crippen LogP contribution in [0.1, 0.15) is 99.5 Å². The molecule has 3 nitrogen and oxygen atoms in total. The first-order chi connectivity index (χ1) is 14.3. The SMILES string of the molecule is CCCCCCCCCCCC[n+]1cccc(C2CC(=O)c3ccccc3N2)c1.[Br-]. The van der Waals surface area contributed by atoms with E-state index in [9.17, 15) is 4.79 Å². The van der Waals surface area contributed by atoms with Crippen molar-refractivity contribution in [2.45, 2.75) is 90.1 Å². The minimum atomic E-state index is 0. The topological polar surface area (TPSA) is 33.0 Å². The first-order valence-electron chi connectivity index (χ1n) is 11.7. The minimum Gasteiger partial charge on any atom is -1.00 e. The predicted octanol–water partition coefficient (Wildman–Crippen LogP) is 3.64. The highest BCUT2D eigenvalue weighted by Crippen LogP contribution is 2.31. The van der Waals surface area contributed by atoms with Crippen LogP contribution >= 0.6 is 0 Å². The molecule has 164 valence electrons. The largest absolute Gasteiger partial charge is 1.00 e. The van der Waals surface area contributed by atoms with Crippen molar-refractivity contribution in [1.82, 2.24) is 0 Å². The molecule has 0 amide bonds. The van der Waals surface area contributed by atoms with Crippen LogP contribution < -0.4 is 26.9 Å². The summed E-state index contributed by atoms with van der Waals surface area (Å²) in [6.45, 7) is 3.33. The van der Waals surface area contributed by atoms with E-state index in [0.29, 0.717) is 6.42 Å². The highest BCUT2D eigenvalue weighted by Gasteiger charge is 2.26. The van der Waals surface area contributed by atoms with Crippen LogP contribution in [0, 0.1) is 0 Å². The first kappa shape index (κ1) is 24.6. The zero-order chi connectivity index (χ0) is 20.3. The van der Waals surface area contributed by atoms with E-state index in [1.807, 2.05) is 24.3 Å². The van der Waals surface area contributed by atoms with Gasteiger partial charge in [0.05, 0.1) is 6.04 Å². The molecule has 3 rings (SSSR count). The number of fused-ring (bicyclic) bond motifs is 1. The summed E-state index contributed by atoms with van der Waals surface area (Å²) in [6, 6.07) is 12.1. The molecule has 0 aliphatic carbocycles. The van der Waals surface area contributed by atoms with Crippen molar-refractivity contribution in [3.63, 3.8) is 0 Å². The van der Waals surface area contributed by atoms with Gasteiger partial charge < -0.3 is 22.3 Å². The van der Waals surface area contributed by atoms with Gasteiger partial charge in [-0.2, -0.15) is 0 Å². The average molecular weight is 473 g/mol. The van der Waals surface area contributed by atoms with Gasteiger partial charge in [-0.1, -0.05) is 70.4 Å². The number of pyridine rings is 1. The van der Waals surface area contributed by atoms with Gasteiger partial charge in [-0.25, -0.2) is 4.57 Å². The number of anilines is 1. The second-order valence-corrected chi connectivity index (χ2v) is 8.43. The van der Waals surface area contributed by atoms with E-state index in [1.54, 1.807) is 0 Å². The van der Waals surface area contributed by atoms with Crippen LogP contribution in [-0.2, 0) is 6.54 Å². The number of Topliss-reactive ketones (excluding diaryl/α,β-unsaturated/α-hetero) is 1. The van der Waals surface area contributed by atoms with Gasteiger partial charge in [0.25, 0.3) is 0 Å². The third-order valence-corrected chi connectivity index (χ3v) is 6.00. The van der Waals surface area contributed by atoms with Crippen molar-refractivity contribution in [3.05, 3.63) is 59.9 Å². The second-order valence-electron chi connectivity index (χ2n) is 8.43.